The molecule has 0 aliphatic rings. The van der Waals surface area contributed by atoms with Crippen molar-refractivity contribution in [3.8, 4) is 5.75 Å². The molecule has 4 aromatic carbocycles. The Labute approximate surface area is 277 Å². The number of rotatable bonds is 15. The predicted octanol–water partition coefficient (Wildman–Crippen LogP) is 6.28. The van der Waals surface area contributed by atoms with E-state index in [1.807, 2.05) is 58.0 Å². The number of aryl methyl sites for hydroxylation is 1. The molecular formula is C37H42FN3O5S. The monoisotopic (exact) mass is 659 g/mol. The van der Waals surface area contributed by atoms with Gasteiger partial charge < -0.3 is 15.0 Å². The summed E-state index contributed by atoms with van der Waals surface area (Å²) in [5, 5.41) is 3.01. The van der Waals surface area contributed by atoms with Gasteiger partial charge in [0.1, 0.15) is 24.2 Å². The molecule has 4 rings (SSSR count). The molecule has 0 radical (unpaired) electrons. The van der Waals surface area contributed by atoms with E-state index in [1.165, 1.54) is 29.2 Å². The fourth-order valence-electron chi connectivity index (χ4n) is 5.02. The average Bonchev–Trinajstić information content (AvgIpc) is 3.07. The molecule has 0 saturated carbocycles. The number of carbonyl (C=O) groups is 2. The number of hydrogen-bond donors (Lipinski definition) is 1. The molecule has 0 aliphatic carbocycles. The van der Waals surface area contributed by atoms with Gasteiger partial charge in [0.05, 0.1) is 17.2 Å². The Hall–Kier alpha value is -4.70. The van der Waals surface area contributed by atoms with Crippen molar-refractivity contribution in [1.29, 1.82) is 0 Å². The third-order valence-electron chi connectivity index (χ3n) is 7.86. The highest BCUT2D eigenvalue weighted by molar-refractivity contribution is 7.92. The van der Waals surface area contributed by atoms with E-state index in [0.717, 1.165) is 15.4 Å². The molecular weight excluding hydrogens is 617 g/mol. The first-order valence-corrected chi connectivity index (χ1v) is 17.2. The molecule has 2 amide bonds. The lowest BCUT2D eigenvalue weighted by Crippen LogP contribution is -2.54. The molecule has 0 fully saturated rings. The summed E-state index contributed by atoms with van der Waals surface area (Å²) in [5.41, 5.74) is 2.63. The Morgan fingerprint density at radius 2 is 1.49 bits per heavy atom. The third-order valence-corrected chi connectivity index (χ3v) is 9.65. The van der Waals surface area contributed by atoms with Crippen LogP contribution in [-0.4, -0.2) is 50.4 Å². The maximum Gasteiger partial charge on any atom is 0.264 e. The van der Waals surface area contributed by atoms with Crippen LogP contribution in [0.1, 0.15) is 43.9 Å². The van der Waals surface area contributed by atoms with E-state index >= 15 is 0 Å². The zero-order chi connectivity index (χ0) is 34.0. The fourth-order valence-corrected chi connectivity index (χ4v) is 6.44. The second-order valence-electron chi connectivity index (χ2n) is 11.4. The van der Waals surface area contributed by atoms with E-state index in [-0.39, 0.29) is 29.8 Å². The second-order valence-corrected chi connectivity index (χ2v) is 13.3. The molecule has 0 heterocycles. The highest BCUT2D eigenvalue weighted by Crippen LogP contribution is 2.27. The first-order chi connectivity index (χ1) is 22.5. The van der Waals surface area contributed by atoms with Gasteiger partial charge in [-0.15, -0.1) is 0 Å². The number of nitrogens with zero attached hydrogens (tertiary/aromatic N) is 2. The van der Waals surface area contributed by atoms with Crippen LogP contribution in [0.25, 0.3) is 0 Å². The summed E-state index contributed by atoms with van der Waals surface area (Å²) in [6, 6.07) is 26.7. The summed E-state index contributed by atoms with van der Waals surface area (Å²) in [4.78, 5) is 29.8. The normalized spacial score (nSPS) is 12.5. The molecule has 10 heteroatoms. The number of nitrogens with one attached hydrogen (secondary N) is 1. The van der Waals surface area contributed by atoms with Crippen molar-refractivity contribution in [3.63, 3.8) is 0 Å². The van der Waals surface area contributed by atoms with Gasteiger partial charge in [0.25, 0.3) is 10.0 Å². The van der Waals surface area contributed by atoms with Crippen LogP contribution in [0.3, 0.4) is 0 Å². The van der Waals surface area contributed by atoms with Crippen molar-refractivity contribution in [2.75, 3.05) is 17.5 Å². The van der Waals surface area contributed by atoms with Gasteiger partial charge in [-0.25, -0.2) is 12.8 Å². The molecule has 0 unspecified atom stereocenters. The summed E-state index contributed by atoms with van der Waals surface area (Å²) in [6.07, 6.45) is 0.865. The molecule has 0 bridgehead atoms. The van der Waals surface area contributed by atoms with Crippen molar-refractivity contribution in [1.82, 2.24) is 10.2 Å². The standard InChI is InChI=1S/C37H42FN3O5S/c1-5-28(4)39-37(43)35(24-29-10-8-7-9-11-29)40(25-30-14-16-31(38)17-15-30)36(42)26-41(32-18-12-27(3)13-19-32)47(44,45)34-22-20-33(21-23-34)46-6-2/h7-23,28,35H,5-6,24-26H2,1-4H3,(H,39,43)/t28-,35+/m0/s1. The largest absolute Gasteiger partial charge is 0.494 e. The third kappa shape index (κ3) is 9.42. The van der Waals surface area contributed by atoms with Gasteiger partial charge in [0.2, 0.25) is 11.8 Å². The molecule has 47 heavy (non-hydrogen) atoms. The number of carbonyl (C=O) groups excluding carboxylic acids is 2. The Kier molecular flexibility index (Phi) is 12.1. The van der Waals surface area contributed by atoms with Gasteiger partial charge in [-0.1, -0.05) is 67.1 Å². The van der Waals surface area contributed by atoms with Crippen LogP contribution in [0, 0.1) is 12.7 Å². The lowest BCUT2D eigenvalue weighted by Gasteiger charge is -2.34. The Bertz CT molecular complexity index is 1720. The first kappa shape index (κ1) is 35.2. The summed E-state index contributed by atoms with van der Waals surface area (Å²) in [6.45, 7) is 7.35. The van der Waals surface area contributed by atoms with Gasteiger partial charge in [-0.2, -0.15) is 0 Å². The van der Waals surface area contributed by atoms with E-state index < -0.39 is 34.3 Å². The van der Waals surface area contributed by atoms with Gasteiger partial charge in [0, 0.05) is 19.0 Å². The molecule has 4 aromatic rings. The second kappa shape index (κ2) is 16.2. The van der Waals surface area contributed by atoms with Gasteiger partial charge in [-0.3, -0.25) is 13.9 Å². The van der Waals surface area contributed by atoms with Crippen molar-refractivity contribution in [3.05, 3.63) is 126 Å². The van der Waals surface area contributed by atoms with Crippen LogP contribution in [0.2, 0.25) is 0 Å². The number of benzene rings is 4. The van der Waals surface area contributed by atoms with E-state index in [2.05, 4.69) is 5.32 Å². The number of hydrogen-bond acceptors (Lipinski definition) is 5. The van der Waals surface area contributed by atoms with Crippen molar-refractivity contribution >= 4 is 27.5 Å². The van der Waals surface area contributed by atoms with Gasteiger partial charge in [0.15, 0.2) is 0 Å². The first-order valence-electron chi connectivity index (χ1n) is 15.7. The molecule has 1 N–H and O–H groups in total. The molecule has 0 spiro atoms. The molecule has 248 valence electrons. The van der Waals surface area contributed by atoms with Crippen molar-refractivity contribution in [2.45, 2.75) is 64.1 Å². The number of sulfonamides is 1. The van der Waals surface area contributed by atoms with E-state index in [0.29, 0.717) is 30.0 Å². The number of amides is 2. The molecule has 8 nitrogen and oxygen atoms in total. The van der Waals surface area contributed by atoms with Gasteiger partial charge in [-0.05, 0) is 86.8 Å². The number of anilines is 1. The summed E-state index contributed by atoms with van der Waals surface area (Å²) in [5.74, 6) is -0.875. The van der Waals surface area contributed by atoms with Crippen LogP contribution >= 0.6 is 0 Å². The minimum atomic E-state index is -4.25. The number of halogens is 1. The van der Waals surface area contributed by atoms with Crippen LogP contribution in [0.4, 0.5) is 10.1 Å². The van der Waals surface area contributed by atoms with Crippen LogP contribution in [0.5, 0.6) is 5.75 Å². The lowest BCUT2D eigenvalue weighted by atomic mass is 10.0. The molecule has 2 atom stereocenters. The Morgan fingerprint density at radius 1 is 0.851 bits per heavy atom. The van der Waals surface area contributed by atoms with E-state index in [1.54, 1.807) is 48.5 Å². The minimum Gasteiger partial charge on any atom is -0.494 e. The maximum absolute atomic E-state index is 14.5. The maximum atomic E-state index is 14.5. The van der Waals surface area contributed by atoms with Crippen molar-refractivity contribution in [2.24, 2.45) is 0 Å². The minimum absolute atomic E-state index is 0.0187. The lowest BCUT2D eigenvalue weighted by molar-refractivity contribution is -0.140. The Morgan fingerprint density at radius 3 is 2.09 bits per heavy atom. The zero-order valence-corrected chi connectivity index (χ0v) is 28.0. The quantitative estimate of drug-likeness (QED) is 0.162. The molecule has 0 saturated heterocycles. The Balaban J connectivity index is 1.79. The summed E-state index contributed by atoms with van der Waals surface area (Å²) < 4.78 is 48.8. The van der Waals surface area contributed by atoms with E-state index in [4.69, 9.17) is 4.74 Å². The highest BCUT2D eigenvalue weighted by Gasteiger charge is 2.35. The van der Waals surface area contributed by atoms with Crippen molar-refractivity contribution < 1.29 is 27.1 Å². The summed E-state index contributed by atoms with van der Waals surface area (Å²) in [7, 11) is -4.25. The topological polar surface area (TPSA) is 96.0 Å². The fraction of sp³-hybridized carbons (Fsp3) is 0.297. The van der Waals surface area contributed by atoms with Gasteiger partial charge >= 0.3 is 0 Å². The molecule has 0 aliphatic heterocycles. The van der Waals surface area contributed by atoms with E-state index in [9.17, 15) is 22.4 Å². The smallest absolute Gasteiger partial charge is 0.264 e. The number of ether oxygens (including phenoxy) is 1. The zero-order valence-electron chi connectivity index (χ0n) is 27.2. The van der Waals surface area contributed by atoms with Crippen LogP contribution in [0.15, 0.2) is 108 Å². The van der Waals surface area contributed by atoms with Crippen LogP contribution in [-0.2, 0) is 32.6 Å². The average molecular weight is 660 g/mol. The predicted molar refractivity (Wildman–Crippen MR) is 182 cm³/mol. The SMILES string of the molecule is CCOc1ccc(S(=O)(=O)N(CC(=O)N(Cc2ccc(F)cc2)[C@H](Cc2ccccc2)C(=O)N[C@@H](C)CC)c2ccc(C)cc2)cc1. The highest BCUT2D eigenvalue weighted by atomic mass is 32.2. The summed E-state index contributed by atoms with van der Waals surface area (Å²) >= 11 is 0. The van der Waals surface area contributed by atoms with Crippen LogP contribution < -0.4 is 14.4 Å². The molecule has 0 aromatic heterocycles.